The van der Waals surface area contributed by atoms with Gasteiger partial charge in [-0.15, -0.1) is 0 Å². The first kappa shape index (κ1) is 11.2. The van der Waals surface area contributed by atoms with Gasteiger partial charge in [0.15, 0.2) is 0 Å². The first-order valence-corrected chi connectivity index (χ1v) is 5.55. The van der Waals surface area contributed by atoms with Gasteiger partial charge < -0.3 is 5.11 Å². The van der Waals surface area contributed by atoms with Crippen molar-refractivity contribution in [3.05, 3.63) is 70.2 Å². The van der Waals surface area contributed by atoms with Crippen molar-refractivity contribution in [3.63, 3.8) is 0 Å². The fourth-order valence-electron chi connectivity index (χ4n) is 1.72. The lowest BCUT2D eigenvalue weighted by atomic mass is 9.98. The van der Waals surface area contributed by atoms with Gasteiger partial charge >= 0.3 is 0 Å². The number of hydrogen-bond donors (Lipinski definition) is 1. The summed E-state index contributed by atoms with van der Waals surface area (Å²) in [6.07, 6.45) is -0.585. The summed E-state index contributed by atoms with van der Waals surface area (Å²) in [6, 6.07) is 15.1. The summed E-state index contributed by atoms with van der Waals surface area (Å²) in [5.41, 5.74) is 2.88. The Kier molecular flexibility index (Phi) is 3.28. The quantitative estimate of drug-likeness (QED) is 0.837. The van der Waals surface area contributed by atoms with Crippen LogP contribution < -0.4 is 0 Å². The van der Waals surface area contributed by atoms with E-state index in [1.54, 1.807) is 12.1 Å². The molecule has 2 rings (SSSR count). The third kappa shape index (κ3) is 2.26. The van der Waals surface area contributed by atoms with Crippen LogP contribution in [-0.2, 0) is 0 Å². The van der Waals surface area contributed by atoms with Crippen molar-refractivity contribution in [2.75, 3.05) is 0 Å². The molecule has 0 aliphatic rings. The molecule has 0 radical (unpaired) electrons. The van der Waals surface area contributed by atoms with E-state index >= 15 is 0 Å². The first-order chi connectivity index (χ1) is 7.68. The number of hydrogen-bond acceptors (Lipinski definition) is 1. The summed E-state index contributed by atoms with van der Waals surface area (Å²) >= 11 is 5.81. The van der Waals surface area contributed by atoms with Crippen molar-refractivity contribution in [1.29, 1.82) is 0 Å². The summed E-state index contributed by atoms with van der Waals surface area (Å²) in [7, 11) is 0. The maximum atomic E-state index is 10.2. The molecule has 0 heterocycles. The van der Waals surface area contributed by atoms with Gasteiger partial charge in [-0.05, 0) is 35.7 Å². The largest absolute Gasteiger partial charge is 0.384 e. The van der Waals surface area contributed by atoms with Gasteiger partial charge in [-0.3, -0.25) is 0 Å². The molecule has 2 aromatic rings. The Bertz CT molecular complexity index is 476. The van der Waals surface area contributed by atoms with Crippen LogP contribution in [0.4, 0.5) is 0 Å². The molecule has 0 saturated heterocycles. The van der Waals surface area contributed by atoms with Crippen LogP contribution in [0.3, 0.4) is 0 Å². The fraction of sp³-hybridized carbons (Fsp3) is 0.143. The van der Waals surface area contributed by atoms with Crippen molar-refractivity contribution >= 4 is 11.6 Å². The van der Waals surface area contributed by atoms with Crippen molar-refractivity contribution < 1.29 is 5.11 Å². The van der Waals surface area contributed by atoms with Gasteiger partial charge in [-0.2, -0.15) is 0 Å². The molecule has 1 atom stereocenters. The van der Waals surface area contributed by atoms with Crippen molar-refractivity contribution in [2.24, 2.45) is 0 Å². The minimum Gasteiger partial charge on any atom is -0.384 e. The molecule has 0 aromatic heterocycles. The topological polar surface area (TPSA) is 20.2 Å². The number of benzene rings is 2. The van der Waals surface area contributed by atoms with Crippen LogP contribution in [0.5, 0.6) is 0 Å². The van der Waals surface area contributed by atoms with E-state index in [-0.39, 0.29) is 0 Å². The van der Waals surface area contributed by atoms with Crippen molar-refractivity contribution in [3.8, 4) is 0 Å². The average Bonchev–Trinajstić information content (AvgIpc) is 2.30. The highest BCUT2D eigenvalue weighted by Gasteiger charge is 2.11. The van der Waals surface area contributed by atoms with Gasteiger partial charge in [0.2, 0.25) is 0 Å². The van der Waals surface area contributed by atoms with Gasteiger partial charge in [-0.25, -0.2) is 0 Å². The highest BCUT2D eigenvalue weighted by atomic mass is 35.5. The molecule has 0 amide bonds. The third-order valence-electron chi connectivity index (χ3n) is 2.67. The van der Waals surface area contributed by atoms with E-state index in [4.69, 9.17) is 11.6 Å². The van der Waals surface area contributed by atoms with Crippen molar-refractivity contribution in [1.82, 2.24) is 0 Å². The Morgan fingerprint density at radius 1 is 1.00 bits per heavy atom. The number of halogens is 1. The molecule has 2 aromatic carbocycles. The smallest absolute Gasteiger partial charge is 0.104 e. The number of aliphatic hydroxyl groups excluding tert-OH is 1. The highest BCUT2D eigenvalue weighted by molar-refractivity contribution is 6.30. The third-order valence-corrected chi connectivity index (χ3v) is 2.92. The molecule has 0 saturated carbocycles. The minimum absolute atomic E-state index is 0.585. The molecule has 0 unspecified atom stereocenters. The van der Waals surface area contributed by atoms with Gasteiger partial charge in [0.05, 0.1) is 0 Å². The summed E-state index contributed by atoms with van der Waals surface area (Å²) in [4.78, 5) is 0. The predicted octanol–water partition coefficient (Wildman–Crippen LogP) is 3.73. The zero-order valence-corrected chi connectivity index (χ0v) is 9.78. The first-order valence-electron chi connectivity index (χ1n) is 5.17. The number of aliphatic hydroxyl groups is 1. The van der Waals surface area contributed by atoms with Crippen molar-refractivity contribution in [2.45, 2.75) is 13.0 Å². The average molecular weight is 233 g/mol. The van der Waals surface area contributed by atoms with E-state index in [1.165, 1.54) is 0 Å². The molecule has 0 fully saturated rings. The Balaban J connectivity index is 2.35. The second kappa shape index (κ2) is 4.69. The van der Waals surface area contributed by atoms with E-state index in [0.29, 0.717) is 5.02 Å². The molecular weight excluding hydrogens is 220 g/mol. The molecule has 2 heteroatoms. The Morgan fingerprint density at radius 3 is 2.25 bits per heavy atom. The molecule has 0 bridgehead atoms. The summed E-state index contributed by atoms with van der Waals surface area (Å²) in [5.74, 6) is 0. The lowest BCUT2D eigenvalue weighted by Crippen LogP contribution is -2.01. The molecular formula is C14H13ClO. The van der Waals surface area contributed by atoms with Crippen LogP contribution >= 0.6 is 11.6 Å². The normalized spacial score (nSPS) is 12.4. The Labute approximate surface area is 100 Å². The van der Waals surface area contributed by atoms with Crippen LogP contribution in [-0.4, -0.2) is 5.11 Å². The summed E-state index contributed by atoms with van der Waals surface area (Å²) in [6.45, 7) is 1.99. The van der Waals surface area contributed by atoms with E-state index in [2.05, 4.69) is 0 Å². The molecule has 0 spiro atoms. The summed E-state index contributed by atoms with van der Waals surface area (Å²) in [5, 5.41) is 10.9. The van der Waals surface area contributed by atoms with E-state index in [0.717, 1.165) is 16.7 Å². The van der Waals surface area contributed by atoms with E-state index in [9.17, 15) is 5.11 Å². The second-order valence-electron chi connectivity index (χ2n) is 3.81. The van der Waals surface area contributed by atoms with Gasteiger partial charge in [0.25, 0.3) is 0 Å². The standard InChI is InChI=1S/C14H13ClO/c1-10-4-2-3-5-13(10)14(16)11-6-8-12(15)9-7-11/h2-9,14,16H,1H3/t14-/m0/s1. The molecule has 82 valence electrons. The second-order valence-corrected chi connectivity index (χ2v) is 4.25. The van der Waals surface area contributed by atoms with Crippen LogP contribution in [0.15, 0.2) is 48.5 Å². The molecule has 16 heavy (non-hydrogen) atoms. The maximum Gasteiger partial charge on any atom is 0.104 e. The molecule has 0 aliphatic carbocycles. The lowest BCUT2D eigenvalue weighted by Gasteiger charge is -2.13. The summed E-state index contributed by atoms with van der Waals surface area (Å²) < 4.78 is 0. The monoisotopic (exact) mass is 232 g/mol. The minimum atomic E-state index is -0.585. The molecule has 1 nitrogen and oxygen atoms in total. The zero-order chi connectivity index (χ0) is 11.5. The molecule has 1 N–H and O–H groups in total. The highest BCUT2D eigenvalue weighted by Crippen LogP contribution is 2.25. The predicted molar refractivity (Wildman–Crippen MR) is 66.7 cm³/mol. The zero-order valence-electron chi connectivity index (χ0n) is 9.02. The van der Waals surface area contributed by atoms with E-state index < -0.39 is 6.10 Å². The van der Waals surface area contributed by atoms with Gasteiger partial charge in [0.1, 0.15) is 6.10 Å². The van der Waals surface area contributed by atoms with Gasteiger partial charge in [0, 0.05) is 5.02 Å². The SMILES string of the molecule is Cc1ccccc1[C@@H](O)c1ccc(Cl)cc1. The van der Waals surface area contributed by atoms with Crippen LogP contribution in [0.25, 0.3) is 0 Å². The number of rotatable bonds is 2. The van der Waals surface area contributed by atoms with E-state index in [1.807, 2.05) is 43.3 Å². The number of aryl methyl sites for hydroxylation is 1. The van der Waals surface area contributed by atoms with Crippen LogP contribution in [0.2, 0.25) is 5.02 Å². The van der Waals surface area contributed by atoms with Gasteiger partial charge in [-0.1, -0.05) is 48.0 Å². The fourth-order valence-corrected chi connectivity index (χ4v) is 1.84. The van der Waals surface area contributed by atoms with Crippen LogP contribution in [0, 0.1) is 6.92 Å². The maximum absolute atomic E-state index is 10.2. The Morgan fingerprint density at radius 2 is 1.62 bits per heavy atom. The lowest BCUT2D eigenvalue weighted by molar-refractivity contribution is 0.219. The Hall–Kier alpha value is -1.31. The molecule has 0 aliphatic heterocycles. The van der Waals surface area contributed by atoms with Crippen LogP contribution in [0.1, 0.15) is 22.8 Å².